The molecule has 1 saturated heterocycles. The Bertz CT molecular complexity index is 473. The summed E-state index contributed by atoms with van der Waals surface area (Å²) in [6, 6.07) is 5.24. The van der Waals surface area contributed by atoms with E-state index in [4.69, 9.17) is 16.7 Å². The Morgan fingerprint density at radius 2 is 1.89 bits per heavy atom. The van der Waals surface area contributed by atoms with E-state index in [1.807, 2.05) is 0 Å². The molecule has 1 aliphatic rings. The lowest BCUT2D eigenvalue weighted by Gasteiger charge is -2.21. The number of aliphatic carboxylic acids is 1. The maximum Gasteiger partial charge on any atom is 0.326 e. The lowest BCUT2D eigenvalue weighted by Crippen LogP contribution is -2.40. The van der Waals surface area contributed by atoms with Gasteiger partial charge in [-0.05, 0) is 24.3 Å². The molecule has 0 radical (unpaired) electrons. The molecular weight excluding hydrogens is 258 g/mol. The number of rotatable bonds is 2. The number of aliphatic hydroxyl groups excluding tert-OH is 1. The summed E-state index contributed by atoms with van der Waals surface area (Å²) in [5, 5.41) is 19.0. The number of carbonyl (C=O) groups excluding carboxylic acids is 1. The number of hydrogen-bond donors (Lipinski definition) is 2. The molecule has 1 amide bonds. The molecule has 18 heavy (non-hydrogen) atoms. The van der Waals surface area contributed by atoms with Crippen LogP contribution in [0.1, 0.15) is 16.8 Å². The molecule has 0 bridgehead atoms. The van der Waals surface area contributed by atoms with Gasteiger partial charge in [0, 0.05) is 23.6 Å². The molecule has 1 aromatic rings. The van der Waals surface area contributed by atoms with Gasteiger partial charge in [-0.2, -0.15) is 0 Å². The van der Waals surface area contributed by atoms with Crippen molar-refractivity contribution in [3.8, 4) is 0 Å². The van der Waals surface area contributed by atoms with Crippen LogP contribution in [0.5, 0.6) is 0 Å². The number of hydrogen-bond acceptors (Lipinski definition) is 3. The number of carbonyl (C=O) groups is 2. The fourth-order valence-electron chi connectivity index (χ4n) is 2.03. The summed E-state index contributed by atoms with van der Waals surface area (Å²) >= 11 is 5.72. The molecular formula is C12H12ClNO4. The molecule has 0 spiro atoms. The predicted molar refractivity (Wildman–Crippen MR) is 64.5 cm³/mol. The average molecular weight is 270 g/mol. The van der Waals surface area contributed by atoms with Crippen molar-refractivity contribution in [1.82, 2.24) is 4.90 Å². The van der Waals surface area contributed by atoms with Crippen LogP contribution in [0.3, 0.4) is 0 Å². The van der Waals surface area contributed by atoms with Crippen molar-refractivity contribution in [2.24, 2.45) is 0 Å². The molecule has 0 unspecified atom stereocenters. The predicted octanol–water partition coefficient (Wildman–Crippen LogP) is 1.00. The van der Waals surface area contributed by atoms with Gasteiger partial charge in [0.1, 0.15) is 6.04 Å². The Kier molecular flexibility index (Phi) is 3.54. The van der Waals surface area contributed by atoms with E-state index < -0.39 is 24.0 Å². The molecule has 0 aromatic heterocycles. The van der Waals surface area contributed by atoms with Crippen LogP contribution in [0.2, 0.25) is 5.02 Å². The van der Waals surface area contributed by atoms with Crippen LogP contribution in [0.25, 0.3) is 0 Å². The van der Waals surface area contributed by atoms with Crippen molar-refractivity contribution in [2.75, 3.05) is 6.54 Å². The smallest absolute Gasteiger partial charge is 0.326 e. The normalized spacial score (nSPS) is 23.1. The number of β-amino-alcohol motifs (C(OH)–C–C–N with tert-alkyl or cyclic N) is 1. The Morgan fingerprint density at radius 1 is 1.28 bits per heavy atom. The second-order valence-corrected chi connectivity index (χ2v) is 4.64. The van der Waals surface area contributed by atoms with E-state index in [2.05, 4.69) is 0 Å². The van der Waals surface area contributed by atoms with Gasteiger partial charge in [-0.1, -0.05) is 11.6 Å². The largest absolute Gasteiger partial charge is 0.480 e. The molecule has 2 atom stereocenters. The van der Waals surface area contributed by atoms with Crippen molar-refractivity contribution in [1.29, 1.82) is 0 Å². The van der Waals surface area contributed by atoms with Crippen LogP contribution < -0.4 is 0 Å². The highest BCUT2D eigenvalue weighted by molar-refractivity contribution is 6.30. The quantitative estimate of drug-likeness (QED) is 0.840. The van der Waals surface area contributed by atoms with Crippen LogP contribution >= 0.6 is 11.6 Å². The van der Waals surface area contributed by atoms with Crippen molar-refractivity contribution < 1.29 is 19.8 Å². The third-order valence-corrected chi connectivity index (χ3v) is 3.17. The molecule has 1 aromatic carbocycles. The summed E-state index contributed by atoms with van der Waals surface area (Å²) in [6.07, 6.45) is -0.725. The van der Waals surface area contributed by atoms with Gasteiger partial charge in [-0.3, -0.25) is 4.79 Å². The maximum absolute atomic E-state index is 12.1. The number of likely N-dealkylation sites (tertiary alicyclic amines) is 1. The van der Waals surface area contributed by atoms with E-state index in [1.54, 1.807) is 12.1 Å². The first-order chi connectivity index (χ1) is 8.49. The topological polar surface area (TPSA) is 77.8 Å². The van der Waals surface area contributed by atoms with Gasteiger partial charge in [-0.25, -0.2) is 4.79 Å². The molecule has 96 valence electrons. The fourth-order valence-corrected chi connectivity index (χ4v) is 2.16. The second kappa shape index (κ2) is 4.96. The molecule has 6 heteroatoms. The Balaban J connectivity index is 2.22. The van der Waals surface area contributed by atoms with Crippen molar-refractivity contribution >= 4 is 23.5 Å². The molecule has 1 heterocycles. The first-order valence-electron chi connectivity index (χ1n) is 5.46. The first kappa shape index (κ1) is 12.9. The number of nitrogens with zero attached hydrogens (tertiary/aromatic N) is 1. The van der Waals surface area contributed by atoms with E-state index in [0.717, 1.165) is 0 Å². The van der Waals surface area contributed by atoms with E-state index in [9.17, 15) is 14.7 Å². The van der Waals surface area contributed by atoms with Crippen molar-refractivity contribution in [2.45, 2.75) is 18.6 Å². The highest BCUT2D eigenvalue weighted by Crippen LogP contribution is 2.21. The van der Waals surface area contributed by atoms with Crippen LogP contribution in [-0.4, -0.2) is 45.7 Å². The van der Waals surface area contributed by atoms with Gasteiger partial charge in [0.05, 0.1) is 6.10 Å². The molecule has 1 aliphatic heterocycles. The number of benzene rings is 1. The van der Waals surface area contributed by atoms with Gasteiger partial charge < -0.3 is 15.1 Å². The highest BCUT2D eigenvalue weighted by atomic mass is 35.5. The fraction of sp³-hybridized carbons (Fsp3) is 0.333. The summed E-state index contributed by atoms with van der Waals surface area (Å²) in [4.78, 5) is 24.3. The van der Waals surface area contributed by atoms with Crippen LogP contribution in [0.15, 0.2) is 24.3 Å². The standard InChI is InChI=1S/C12H12ClNO4/c13-8-3-1-7(2-4-8)11(16)14-6-9(15)5-10(14)12(17)18/h1-4,9-10,15H,5-6H2,(H,17,18)/t9-,10-/m0/s1. The summed E-state index contributed by atoms with van der Waals surface area (Å²) in [6.45, 7) is 0.0401. The van der Waals surface area contributed by atoms with Gasteiger partial charge in [0.15, 0.2) is 0 Å². The van der Waals surface area contributed by atoms with Gasteiger partial charge in [-0.15, -0.1) is 0 Å². The zero-order valence-electron chi connectivity index (χ0n) is 9.41. The molecule has 0 saturated carbocycles. The highest BCUT2D eigenvalue weighted by Gasteiger charge is 2.39. The Labute approximate surface area is 109 Å². The van der Waals surface area contributed by atoms with Crippen LogP contribution in [0, 0.1) is 0 Å². The van der Waals surface area contributed by atoms with E-state index in [1.165, 1.54) is 17.0 Å². The zero-order chi connectivity index (χ0) is 13.3. The van der Waals surface area contributed by atoms with Gasteiger partial charge in [0.2, 0.25) is 0 Å². The summed E-state index contributed by atoms with van der Waals surface area (Å²) in [5.41, 5.74) is 0.361. The number of carboxylic acid groups (broad SMARTS) is 1. The minimum Gasteiger partial charge on any atom is -0.480 e. The summed E-state index contributed by atoms with van der Waals surface area (Å²) in [5.74, 6) is -1.51. The van der Waals surface area contributed by atoms with Crippen molar-refractivity contribution in [3.63, 3.8) is 0 Å². The van der Waals surface area contributed by atoms with Crippen molar-refractivity contribution in [3.05, 3.63) is 34.9 Å². The summed E-state index contributed by atoms with van der Waals surface area (Å²) < 4.78 is 0. The van der Waals surface area contributed by atoms with E-state index in [-0.39, 0.29) is 13.0 Å². The first-order valence-corrected chi connectivity index (χ1v) is 5.84. The van der Waals surface area contributed by atoms with Gasteiger partial charge >= 0.3 is 5.97 Å². The lowest BCUT2D eigenvalue weighted by atomic mass is 10.1. The minimum atomic E-state index is -1.10. The zero-order valence-corrected chi connectivity index (χ0v) is 10.2. The third kappa shape index (κ3) is 2.47. The number of aliphatic hydroxyl groups is 1. The molecule has 5 nitrogen and oxygen atoms in total. The number of halogens is 1. The Morgan fingerprint density at radius 3 is 2.44 bits per heavy atom. The average Bonchev–Trinajstić information content (AvgIpc) is 2.71. The lowest BCUT2D eigenvalue weighted by molar-refractivity contribution is -0.141. The minimum absolute atomic E-state index is 0.0401. The number of amides is 1. The Hall–Kier alpha value is -1.59. The number of carboxylic acids is 1. The second-order valence-electron chi connectivity index (χ2n) is 4.21. The monoisotopic (exact) mass is 269 g/mol. The van der Waals surface area contributed by atoms with E-state index >= 15 is 0 Å². The third-order valence-electron chi connectivity index (χ3n) is 2.92. The summed E-state index contributed by atoms with van der Waals surface area (Å²) in [7, 11) is 0. The molecule has 1 fully saturated rings. The SMILES string of the molecule is O=C(O)[C@@H]1C[C@H](O)CN1C(=O)c1ccc(Cl)cc1. The van der Waals surface area contributed by atoms with E-state index in [0.29, 0.717) is 10.6 Å². The molecule has 0 aliphatic carbocycles. The van der Waals surface area contributed by atoms with Crippen LogP contribution in [0.4, 0.5) is 0 Å². The van der Waals surface area contributed by atoms with Crippen LogP contribution in [-0.2, 0) is 4.79 Å². The van der Waals surface area contributed by atoms with Gasteiger partial charge in [0.25, 0.3) is 5.91 Å². The molecule has 2 N–H and O–H groups in total. The maximum atomic E-state index is 12.1. The molecule has 2 rings (SSSR count).